The van der Waals surface area contributed by atoms with Gasteiger partial charge >= 0.3 is 0 Å². The van der Waals surface area contributed by atoms with E-state index < -0.39 is 0 Å². The van der Waals surface area contributed by atoms with Crippen molar-refractivity contribution in [2.24, 2.45) is 5.92 Å². The molecule has 0 spiro atoms. The molecule has 4 rings (SSSR count). The summed E-state index contributed by atoms with van der Waals surface area (Å²) in [4.78, 5) is 17.2. The van der Waals surface area contributed by atoms with E-state index in [1.54, 1.807) is 0 Å². The number of amides is 1. The molecule has 0 radical (unpaired) electrons. The van der Waals surface area contributed by atoms with Crippen LogP contribution in [0.1, 0.15) is 50.5 Å². The highest BCUT2D eigenvalue weighted by Gasteiger charge is 2.36. The minimum atomic E-state index is -0.240. The van der Waals surface area contributed by atoms with Crippen LogP contribution < -0.4 is 4.90 Å². The second-order valence-corrected chi connectivity index (χ2v) is 8.58. The van der Waals surface area contributed by atoms with Crippen molar-refractivity contribution in [2.75, 3.05) is 24.5 Å². The molecule has 1 aromatic rings. The van der Waals surface area contributed by atoms with E-state index in [2.05, 4.69) is 21.9 Å². The van der Waals surface area contributed by atoms with Gasteiger partial charge in [0.15, 0.2) is 0 Å². The van der Waals surface area contributed by atoms with E-state index in [4.69, 9.17) is 11.6 Å². The minimum absolute atomic E-state index is 0.0777. The van der Waals surface area contributed by atoms with E-state index in [0.717, 1.165) is 48.6 Å². The lowest BCUT2D eigenvalue weighted by molar-refractivity contribution is -0.133. The van der Waals surface area contributed by atoms with Crippen LogP contribution in [-0.2, 0) is 11.2 Å². The van der Waals surface area contributed by atoms with Gasteiger partial charge in [0.1, 0.15) is 0 Å². The predicted octanol–water partition coefficient (Wildman–Crippen LogP) is 3.63. The maximum Gasteiger partial charge on any atom is 0.226 e. The van der Waals surface area contributed by atoms with E-state index in [-0.39, 0.29) is 12.0 Å². The number of rotatable bonds is 4. The summed E-state index contributed by atoms with van der Waals surface area (Å²) < 4.78 is 0. The molecule has 142 valence electrons. The number of nitrogens with zero attached hydrogens (tertiary/aromatic N) is 2. The number of aliphatic hydroxyl groups excluding tert-OH is 1. The van der Waals surface area contributed by atoms with Crippen molar-refractivity contribution in [2.45, 2.75) is 63.5 Å². The number of β-amino-alcohol motifs (C(OH)–C–C–N with tert-alkyl or cyclic N) is 1. The van der Waals surface area contributed by atoms with Crippen molar-refractivity contribution in [1.82, 2.24) is 4.90 Å². The largest absolute Gasteiger partial charge is 0.391 e. The standard InChI is InChI=1S/C21H29ClN2O2/c22-20-13-18(23-10-9-19(25)14-23)7-6-15(20)12-16-8-11-24(21(16)26)17-4-2-1-3-5-17/h6-7,13,16-17,19,25H,1-5,8-12,14H2. The monoisotopic (exact) mass is 376 g/mol. The molecular formula is C21H29ClN2O2. The van der Waals surface area contributed by atoms with Crippen LogP contribution in [0.15, 0.2) is 18.2 Å². The van der Waals surface area contributed by atoms with Crippen LogP contribution >= 0.6 is 11.6 Å². The molecule has 2 saturated heterocycles. The zero-order valence-corrected chi connectivity index (χ0v) is 16.1. The van der Waals surface area contributed by atoms with Crippen LogP contribution in [0.3, 0.4) is 0 Å². The lowest BCUT2D eigenvalue weighted by Gasteiger charge is -2.31. The third-order valence-corrected chi connectivity index (χ3v) is 6.75. The second-order valence-electron chi connectivity index (χ2n) is 8.18. The number of hydrogen-bond acceptors (Lipinski definition) is 3. The third kappa shape index (κ3) is 3.72. The van der Waals surface area contributed by atoms with Crippen LogP contribution in [0.2, 0.25) is 5.02 Å². The molecule has 0 bridgehead atoms. The second kappa shape index (κ2) is 7.77. The number of likely N-dealkylation sites (tertiary alicyclic amines) is 1. The first-order valence-corrected chi connectivity index (χ1v) is 10.5. The Bertz CT molecular complexity index is 659. The van der Waals surface area contributed by atoms with Gasteiger partial charge in [-0.2, -0.15) is 0 Å². The highest BCUT2D eigenvalue weighted by atomic mass is 35.5. The lowest BCUT2D eigenvalue weighted by Crippen LogP contribution is -2.39. The third-order valence-electron chi connectivity index (χ3n) is 6.40. The summed E-state index contributed by atoms with van der Waals surface area (Å²) in [6, 6.07) is 6.62. The molecule has 4 nitrogen and oxygen atoms in total. The van der Waals surface area contributed by atoms with E-state index in [0.29, 0.717) is 18.5 Å². The molecule has 26 heavy (non-hydrogen) atoms. The number of carbonyl (C=O) groups is 1. The van der Waals surface area contributed by atoms with Gasteiger partial charge in [-0.05, 0) is 49.8 Å². The first-order chi connectivity index (χ1) is 12.6. The average molecular weight is 377 g/mol. The van der Waals surface area contributed by atoms with Gasteiger partial charge in [-0.1, -0.05) is 36.9 Å². The summed E-state index contributed by atoms with van der Waals surface area (Å²) in [6.45, 7) is 2.46. The predicted molar refractivity (Wildman–Crippen MR) is 105 cm³/mol. The maximum absolute atomic E-state index is 12.9. The fourth-order valence-electron chi connectivity index (χ4n) is 4.85. The highest BCUT2D eigenvalue weighted by Crippen LogP contribution is 2.33. The Labute approximate surface area is 161 Å². The van der Waals surface area contributed by atoms with Gasteiger partial charge in [0, 0.05) is 42.3 Å². The Morgan fingerprint density at radius 1 is 1.08 bits per heavy atom. The number of anilines is 1. The Hall–Kier alpha value is -1.26. The van der Waals surface area contributed by atoms with Crippen molar-refractivity contribution < 1.29 is 9.90 Å². The van der Waals surface area contributed by atoms with Crippen molar-refractivity contribution in [3.63, 3.8) is 0 Å². The molecule has 1 saturated carbocycles. The summed E-state index contributed by atoms with van der Waals surface area (Å²) in [5.41, 5.74) is 2.14. The highest BCUT2D eigenvalue weighted by molar-refractivity contribution is 6.31. The van der Waals surface area contributed by atoms with Gasteiger partial charge < -0.3 is 14.9 Å². The van der Waals surface area contributed by atoms with Crippen LogP contribution in [0, 0.1) is 5.92 Å². The number of carbonyl (C=O) groups excluding carboxylic acids is 1. The Balaban J connectivity index is 1.40. The summed E-state index contributed by atoms with van der Waals surface area (Å²) in [6.07, 6.45) is 8.45. The van der Waals surface area contributed by atoms with E-state index in [1.807, 2.05) is 6.07 Å². The molecule has 2 unspecified atom stereocenters. The van der Waals surface area contributed by atoms with Crippen molar-refractivity contribution in [1.29, 1.82) is 0 Å². The molecule has 0 aromatic heterocycles. The van der Waals surface area contributed by atoms with Gasteiger partial charge in [-0.15, -0.1) is 0 Å². The first-order valence-electron chi connectivity index (χ1n) is 10.1. The molecule has 3 fully saturated rings. The van der Waals surface area contributed by atoms with Crippen LogP contribution in [0.4, 0.5) is 5.69 Å². The maximum atomic E-state index is 12.9. The SMILES string of the molecule is O=C1C(Cc2ccc(N3CCC(O)C3)cc2Cl)CCN1C1CCCCC1. The quantitative estimate of drug-likeness (QED) is 0.872. The summed E-state index contributed by atoms with van der Waals surface area (Å²) in [5, 5.41) is 10.5. The van der Waals surface area contributed by atoms with Crippen LogP contribution in [0.5, 0.6) is 0 Å². The van der Waals surface area contributed by atoms with Gasteiger partial charge in [0.25, 0.3) is 0 Å². The van der Waals surface area contributed by atoms with Gasteiger partial charge in [0.05, 0.1) is 6.10 Å². The molecule has 2 aliphatic heterocycles. The molecule has 1 aliphatic carbocycles. The first kappa shape index (κ1) is 18.1. The molecule has 2 atom stereocenters. The van der Waals surface area contributed by atoms with E-state index >= 15 is 0 Å². The van der Waals surface area contributed by atoms with Crippen molar-refractivity contribution in [3.05, 3.63) is 28.8 Å². The topological polar surface area (TPSA) is 43.8 Å². The number of benzene rings is 1. The molecular weight excluding hydrogens is 348 g/mol. The fraction of sp³-hybridized carbons (Fsp3) is 0.667. The minimum Gasteiger partial charge on any atom is -0.391 e. The Morgan fingerprint density at radius 2 is 1.88 bits per heavy atom. The van der Waals surface area contributed by atoms with Crippen LogP contribution in [0.25, 0.3) is 0 Å². The van der Waals surface area contributed by atoms with Crippen LogP contribution in [-0.4, -0.2) is 47.7 Å². The lowest BCUT2D eigenvalue weighted by atomic mass is 9.94. The summed E-state index contributed by atoms with van der Waals surface area (Å²) in [5.74, 6) is 0.411. The summed E-state index contributed by atoms with van der Waals surface area (Å²) in [7, 11) is 0. The normalized spacial score (nSPS) is 27.5. The summed E-state index contributed by atoms with van der Waals surface area (Å²) >= 11 is 6.54. The Morgan fingerprint density at radius 3 is 2.58 bits per heavy atom. The molecule has 2 heterocycles. The molecule has 3 aliphatic rings. The number of hydrogen-bond donors (Lipinski definition) is 1. The molecule has 1 aromatic carbocycles. The number of aliphatic hydroxyl groups is 1. The van der Waals surface area contributed by atoms with Gasteiger partial charge in [-0.3, -0.25) is 4.79 Å². The van der Waals surface area contributed by atoms with Gasteiger partial charge in [-0.25, -0.2) is 0 Å². The van der Waals surface area contributed by atoms with Crippen molar-refractivity contribution in [3.8, 4) is 0 Å². The molecule has 5 heteroatoms. The zero-order valence-electron chi connectivity index (χ0n) is 15.4. The van der Waals surface area contributed by atoms with Crippen molar-refractivity contribution >= 4 is 23.2 Å². The fourth-order valence-corrected chi connectivity index (χ4v) is 5.10. The average Bonchev–Trinajstić information content (AvgIpc) is 3.24. The van der Waals surface area contributed by atoms with E-state index in [1.165, 1.54) is 32.1 Å². The van der Waals surface area contributed by atoms with E-state index in [9.17, 15) is 9.90 Å². The molecule has 1 amide bonds. The van der Waals surface area contributed by atoms with Gasteiger partial charge in [0.2, 0.25) is 5.91 Å². The Kier molecular flexibility index (Phi) is 5.42. The number of halogens is 1. The smallest absolute Gasteiger partial charge is 0.226 e. The molecule has 1 N–H and O–H groups in total. The zero-order chi connectivity index (χ0) is 18.1.